The summed E-state index contributed by atoms with van der Waals surface area (Å²) >= 11 is 0. The van der Waals surface area contributed by atoms with Crippen LogP contribution < -0.4 is 5.32 Å². The number of rotatable bonds is 4. The van der Waals surface area contributed by atoms with E-state index in [1.54, 1.807) is 0 Å². The molecular formula is C18H33N3. The minimum absolute atomic E-state index is 0.00740. The van der Waals surface area contributed by atoms with Gasteiger partial charge in [0.1, 0.15) is 5.82 Å². The average Bonchev–Trinajstić information content (AvgIpc) is 2.29. The Balaban J connectivity index is 2.85. The van der Waals surface area contributed by atoms with Crippen LogP contribution in [0.5, 0.6) is 0 Å². The van der Waals surface area contributed by atoms with E-state index in [0.29, 0.717) is 5.92 Å². The summed E-state index contributed by atoms with van der Waals surface area (Å²) in [5, 5.41) is 3.58. The van der Waals surface area contributed by atoms with Gasteiger partial charge in [0.2, 0.25) is 0 Å². The normalized spacial score (nSPS) is 14.3. The SMILES string of the molecule is Cc1nc(C(C)(C)C)nc(C)c1CC(C)CNC(C)(C)C. The number of nitrogens with one attached hydrogen (secondary N) is 1. The maximum absolute atomic E-state index is 4.74. The number of nitrogens with zero attached hydrogens (tertiary/aromatic N) is 2. The topological polar surface area (TPSA) is 37.8 Å². The molecule has 0 radical (unpaired) electrons. The summed E-state index contributed by atoms with van der Waals surface area (Å²) in [5.74, 6) is 1.52. The lowest BCUT2D eigenvalue weighted by Crippen LogP contribution is -2.39. The van der Waals surface area contributed by atoms with Crippen molar-refractivity contribution in [2.45, 2.75) is 79.7 Å². The smallest absolute Gasteiger partial charge is 0.134 e. The first kappa shape index (κ1) is 18.1. The Morgan fingerprint density at radius 1 is 0.952 bits per heavy atom. The van der Waals surface area contributed by atoms with Crippen molar-refractivity contribution in [3.05, 3.63) is 22.8 Å². The standard InChI is InChI=1S/C18H33N3/c1-12(11-19-18(7,8)9)10-15-13(2)20-16(17(4,5)6)21-14(15)3/h12,19H,10-11H2,1-9H3. The summed E-state index contributed by atoms with van der Waals surface area (Å²) in [6, 6.07) is 0. The van der Waals surface area contributed by atoms with Crippen molar-refractivity contribution in [1.82, 2.24) is 15.3 Å². The van der Waals surface area contributed by atoms with Gasteiger partial charge in [-0.05, 0) is 59.1 Å². The van der Waals surface area contributed by atoms with Crippen LogP contribution in [0.2, 0.25) is 0 Å². The van der Waals surface area contributed by atoms with Crippen molar-refractivity contribution in [3.8, 4) is 0 Å². The largest absolute Gasteiger partial charge is 0.312 e. The van der Waals surface area contributed by atoms with Crippen molar-refractivity contribution in [2.75, 3.05) is 6.54 Å². The van der Waals surface area contributed by atoms with E-state index in [2.05, 4.69) is 67.6 Å². The molecular weight excluding hydrogens is 258 g/mol. The molecule has 0 amide bonds. The molecule has 21 heavy (non-hydrogen) atoms. The van der Waals surface area contributed by atoms with Crippen LogP contribution in [0.1, 0.15) is 71.2 Å². The number of aromatic nitrogens is 2. The van der Waals surface area contributed by atoms with Gasteiger partial charge in [0, 0.05) is 22.3 Å². The van der Waals surface area contributed by atoms with Crippen molar-refractivity contribution >= 4 is 0 Å². The van der Waals surface area contributed by atoms with Gasteiger partial charge in [0.05, 0.1) is 0 Å². The molecule has 0 bridgehead atoms. The quantitative estimate of drug-likeness (QED) is 0.912. The Labute approximate surface area is 131 Å². The Kier molecular flexibility index (Phi) is 5.54. The van der Waals surface area contributed by atoms with Gasteiger partial charge in [0.25, 0.3) is 0 Å². The summed E-state index contributed by atoms with van der Waals surface area (Å²) in [5.41, 5.74) is 3.76. The van der Waals surface area contributed by atoms with Gasteiger partial charge in [-0.25, -0.2) is 9.97 Å². The van der Waals surface area contributed by atoms with Gasteiger partial charge < -0.3 is 5.32 Å². The van der Waals surface area contributed by atoms with Gasteiger partial charge in [-0.15, -0.1) is 0 Å². The summed E-state index contributed by atoms with van der Waals surface area (Å²) < 4.78 is 0. The molecule has 120 valence electrons. The minimum Gasteiger partial charge on any atom is -0.312 e. The van der Waals surface area contributed by atoms with E-state index in [4.69, 9.17) is 9.97 Å². The molecule has 0 aliphatic heterocycles. The third-order valence-electron chi connectivity index (χ3n) is 3.62. The van der Waals surface area contributed by atoms with Gasteiger partial charge in [-0.1, -0.05) is 27.7 Å². The first-order chi connectivity index (χ1) is 9.40. The van der Waals surface area contributed by atoms with E-state index in [0.717, 1.165) is 30.2 Å². The number of aryl methyl sites for hydroxylation is 2. The first-order valence-electron chi connectivity index (χ1n) is 8.00. The van der Waals surface area contributed by atoms with Crippen LogP contribution in [0.3, 0.4) is 0 Å². The lowest BCUT2D eigenvalue weighted by atomic mass is 9.93. The Morgan fingerprint density at radius 2 is 1.43 bits per heavy atom. The molecule has 1 heterocycles. The predicted molar refractivity (Wildman–Crippen MR) is 90.8 cm³/mol. The molecule has 1 rings (SSSR count). The fraction of sp³-hybridized carbons (Fsp3) is 0.778. The lowest BCUT2D eigenvalue weighted by molar-refractivity contribution is 0.380. The highest BCUT2D eigenvalue weighted by Crippen LogP contribution is 2.22. The summed E-state index contributed by atoms with van der Waals surface area (Å²) in [4.78, 5) is 9.47. The summed E-state index contributed by atoms with van der Waals surface area (Å²) in [7, 11) is 0. The average molecular weight is 291 g/mol. The van der Waals surface area contributed by atoms with Crippen LogP contribution >= 0.6 is 0 Å². The van der Waals surface area contributed by atoms with Crippen molar-refractivity contribution in [3.63, 3.8) is 0 Å². The van der Waals surface area contributed by atoms with E-state index in [9.17, 15) is 0 Å². The van der Waals surface area contributed by atoms with Crippen molar-refractivity contribution < 1.29 is 0 Å². The highest BCUT2D eigenvalue weighted by atomic mass is 14.9. The second-order valence-corrected chi connectivity index (χ2v) is 8.39. The summed E-state index contributed by atoms with van der Waals surface area (Å²) in [6.07, 6.45) is 1.03. The Bertz CT molecular complexity index is 455. The number of hydrogen-bond donors (Lipinski definition) is 1. The molecule has 1 unspecified atom stereocenters. The minimum atomic E-state index is 0.00740. The number of hydrogen-bond acceptors (Lipinski definition) is 3. The van der Waals surface area contributed by atoms with Crippen LogP contribution in [-0.2, 0) is 11.8 Å². The molecule has 0 aliphatic rings. The van der Waals surface area contributed by atoms with Crippen LogP contribution in [0.25, 0.3) is 0 Å². The van der Waals surface area contributed by atoms with E-state index in [1.165, 1.54) is 5.56 Å². The fourth-order valence-corrected chi connectivity index (χ4v) is 2.27. The van der Waals surface area contributed by atoms with Crippen LogP contribution in [0.15, 0.2) is 0 Å². The van der Waals surface area contributed by atoms with Gasteiger partial charge in [-0.3, -0.25) is 0 Å². The second-order valence-electron chi connectivity index (χ2n) is 8.39. The van der Waals surface area contributed by atoms with Gasteiger partial charge in [0.15, 0.2) is 0 Å². The zero-order valence-corrected chi connectivity index (χ0v) is 15.4. The monoisotopic (exact) mass is 291 g/mol. The van der Waals surface area contributed by atoms with Crippen LogP contribution in [0, 0.1) is 19.8 Å². The Hall–Kier alpha value is -0.960. The van der Waals surface area contributed by atoms with Gasteiger partial charge in [-0.2, -0.15) is 0 Å². The molecule has 0 spiro atoms. The highest BCUT2D eigenvalue weighted by Gasteiger charge is 2.21. The van der Waals surface area contributed by atoms with Crippen LogP contribution in [0.4, 0.5) is 0 Å². The molecule has 0 saturated heterocycles. The molecule has 1 aromatic rings. The maximum Gasteiger partial charge on any atom is 0.134 e. The molecule has 1 atom stereocenters. The highest BCUT2D eigenvalue weighted by molar-refractivity contribution is 5.26. The molecule has 1 N–H and O–H groups in total. The molecule has 3 heteroatoms. The maximum atomic E-state index is 4.74. The van der Waals surface area contributed by atoms with Crippen LogP contribution in [-0.4, -0.2) is 22.1 Å². The van der Waals surface area contributed by atoms with E-state index in [-0.39, 0.29) is 11.0 Å². The Morgan fingerprint density at radius 3 is 1.81 bits per heavy atom. The molecule has 0 aromatic carbocycles. The van der Waals surface area contributed by atoms with Gasteiger partial charge >= 0.3 is 0 Å². The third-order valence-corrected chi connectivity index (χ3v) is 3.62. The van der Waals surface area contributed by atoms with E-state index >= 15 is 0 Å². The van der Waals surface area contributed by atoms with E-state index < -0.39 is 0 Å². The van der Waals surface area contributed by atoms with E-state index in [1.807, 2.05) is 0 Å². The molecule has 0 saturated carbocycles. The molecule has 0 aliphatic carbocycles. The predicted octanol–water partition coefficient (Wildman–Crippen LogP) is 3.96. The molecule has 0 fully saturated rings. The molecule has 1 aromatic heterocycles. The third kappa shape index (κ3) is 5.74. The fourth-order valence-electron chi connectivity index (χ4n) is 2.27. The zero-order valence-electron chi connectivity index (χ0n) is 15.4. The zero-order chi connectivity index (χ0) is 16.4. The lowest BCUT2D eigenvalue weighted by Gasteiger charge is -2.24. The molecule has 3 nitrogen and oxygen atoms in total. The van der Waals surface area contributed by atoms with Crippen molar-refractivity contribution in [2.24, 2.45) is 5.92 Å². The van der Waals surface area contributed by atoms with Crippen molar-refractivity contribution in [1.29, 1.82) is 0 Å². The summed E-state index contributed by atoms with van der Waals surface area (Å²) in [6.45, 7) is 20.6. The first-order valence-corrected chi connectivity index (χ1v) is 8.00. The second kappa shape index (κ2) is 6.43.